The molecule has 0 fully saturated rings. The Bertz CT molecular complexity index is 752. The molecule has 1 aliphatic rings. The molecule has 6 heteroatoms. The Morgan fingerprint density at radius 1 is 1.24 bits per heavy atom. The van der Waals surface area contributed by atoms with Gasteiger partial charge in [0, 0.05) is 24.5 Å². The van der Waals surface area contributed by atoms with Crippen LogP contribution in [0.5, 0.6) is 0 Å². The van der Waals surface area contributed by atoms with E-state index in [0.29, 0.717) is 6.54 Å². The summed E-state index contributed by atoms with van der Waals surface area (Å²) in [6.45, 7) is 5.16. The molecule has 0 spiro atoms. The number of nitrogens with zero attached hydrogens (tertiary/aromatic N) is 1. The van der Waals surface area contributed by atoms with Crippen LogP contribution in [0, 0.1) is 6.92 Å². The van der Waals surface area contributed by atoms with E-state index in [-0.39, 0.29) is 24.0 Å². The fraction of sp³-hybridized carbons (Fsp3) is 0.421. The van der Waals surface area contributed by atoms with Crippen LogP contribution in [0.3, 0.4) is 0 Å². The summed E-state index contributed by atoms with van der Waals surface area (Å²) in [6, 6.07) is 8.12. The molecule has 2 aromatic rings. The van der Waals surface area contributed by atoms with Crippen molar-refractivity contribution in [2.45, 2.75) is 26.3 Å². The lowest BCUT2D eigenvalue weighted by Gasteiger charge is -2.15. The molecule has 1 aliphatic heterocycles. The third kappa shape index (κ3) is 5.22. The highest BCUT2D eigenvalue weighted by molar-refractivity contribution is 14.0. The Hall–Kier alpha value is -1.54. The molecular weight excluding hydrogens is 429 g/mol. The highest BCUT2D eigenvalue weighted by Gasteiger charge is 2.10. The van der Waals surface area contributed by atoms with E-state index in [2.05, 4.69) is 34.7 Å². The van der Waals surface area contributed by atoms with Gasteiger partial charge in [-0.05, 0) is 25.8 Å². The summed E-state index contributed by atoms with van der Waals surface area (Å²) in [5.74, 6) is 1.74. The second kappa shape index (κ2) is 9.82. The predicted molar refractivity (Wildman–Crippen MR) is 113 cm³/mol. The van der Waals surface area contributed by atoms with Gasteiger partial charge in [0.2, 0.25) is 0 Å². The molecule has 25 heavy (non-hydrogen) atoms. The van der Waals surface area contributed by atoms with E-state index in [4.69, 9.17) is 9.15 Å². The number of furan rings is 1. The molecule has 136 valence electrons. The van der Waals surface area contributed by atoms with Crippen molar-refractivity contribution < 1.29 is 9.15 Å². The maximum atomic E-state index is 5.93. The normalized spacial score (nSPS) is 14.8. The van der Waals surface area contributed by atoms with Crippen LogP contribution < -0.4 is 10.6 Å². The summed E-state index contributed by atoms with van der Waals surface area (Å²) in [5, 5.41) is 7.85. The number of hydrogen-bond donors (Lipinski definition) is 2. The summed E-state index contributed by atoms with van der Waals surface area (Å²) in [4.78, 5) is 4.28. The van der Waals surface area contributed by atoms with E-state index in [9.17, 15) is 0 Å². The molecule has 0 atom stereocenters. The Morgan fingerprint density at radius 2 is 2.08 bits per heavy atom. The fourth-order valence-electron chi connectivity index (χ4n) is 2.91. The Balaban J connectivity index is 0.00000225. The largest absolute Gasteiger partial charge is 0.459 e. The van der Waals surface area contributed by atoms with Crippen molar-refractivity contribution in [2.24, 2.45) is 4.99 Å². The summed E-state index contributed by atoms with van der Waals surface area (Å²) < 4.78 is 11.3. The molecule has 0 aliphatic carbocycles. The Kier molecular flexibility index (Phi) is 7.77. The van der Waals surface area contributed by atoms with Crippen LogP contribution in [0.4, 0.5) is 0 Å². The SMILES string of the molecule is CN=C(NCCC1=CCOCC1)NCc1oc2ccccc2c1C.I. The molecule has 0 radical (unpaired) electrons. The number of ether oxygens (including phenoxy) is 1. The Morgan fingerprint density at radius 3 is 2.80 bits per heavy atom. The van der Waals surface area contributed by atoms with Gasteiger partial charge in [-0.3, -0.25) is 4.99 Å². The second-order valence-electron chi connectivity index (χ2n) is 5.94. The zero-order valence-corrected chi connectivity index (χ0v) is 17.1. The van der Waals surface area contributed by atoms with E-state index >= 15 is 0 Å². The smallest absolute Gasteiger partial charge is 0.191 e. The van der Waals surface area contributed by atoms with Crippen LogP contribution >= 0.6 is 24.0 Å². The first kappa shape index (κ1) is 19.8. The molecule has 0 amide bonds. The van der Waals surface area contributed by atoms with E-state index in [0.717, 1.165) is 49.9 Å². The standard InChI is InChI=1S/C19H25N3O2.HI/c1-14-16-5-3-4-6-17(16)24-18(14)13-22-19(20-2)21-10-7-15-8-11-23-12-9-15;/h3-6,8H,7,9-13H2,1-2H3,(H2,20,21,22);1H. The molecule has 2 heterocycles. The molecule has 1 aromatic heterocycles. The highest BCUT2D eigenvalue weighted by atomic mass is 127. The maximum absolute atomic E-state index is 5.93. The number of fused-ring (bicyclic) bond motifs is 1. The topological polar surface area (TPSA) is 58.8 Å². The fourth-order valence-corrected chi connectivity index (χ4v) is 2.91. The van der Waals surface area contributed by atoms with E-state index < -0.39 is 0 Å². The minimum atomic E-state index is 0. The molecule has 0 saturated heterocycles. The molecule has 0 unspecified atom stereocenters. The highest BCUT2D eigenvalue weighted by Crippen LogP contribution is 2.24. The lowest BCUT2D eigenvalue weighted by molar-refractivity contribution is 0.153. The van der Waals surface area contributed by atoms with Gasteiger partial charge in [0.25, 0.3) is 0 Å². The van der Waals surface area contributed by atoms with Gasteiger partial charge in [0.15, 0.2) is 5.96 Å². The van der Waals surface area contributed by atoms with Crippen LogP contribution in [-0.4, -0.2) is 32.8 Å². The van der Waals surface area contributed by atoms with Crippen molar-refractivity contribution in [3.05, 3.63) is 47.2 Å². The zero-order chi connectivity index (χ0) is 16.8. The van der Waals surface area contributed by atoms with Gasteiger partial charge < -0.3 is 19.8 Å². The number of hydrogen-bond acceptors (Lipinski definition) is 3. The van der Waals surface area contributed by atoms with Gasteiger partial charge in [0.1, 0.15) is 11.3 Å². The average Bonchev–Trinajstić information content (AvgIpc) is 2.95. The molecular formula is C19H26IN3O2. The van der Waals surface area contributed by atoms with Crippen LogP contribution in [0.15, 0.2) is 45.3 Å². The van der Waals surface area contributed by atoms with Crippen molar-refractivity contribution in [1.29, 1.82) is 0 Å². The van der Waals surface area contributed by atoms with E-state index in [1.807, 2.05) is 18.2 Å². The molecule has 5 nitrogen and oxygen atoms in total. The molecule has 3 rings (SSSR count). The summed E-state index contributed by atoms with van der Waals surface area (Å²) in [5.41, 5.74) is 3.57. The first-order valence-electron chi connectivity index (χ1n) is 8.45. The van der Waals surface area contributed by atoms with Crippen molar-refractivity contribution in [1.82, 2.24) is 10.6 Å². The van der Waals surface area contributed by atoms with Crippen molar-refractivity contribution in [2.75, 3.05) is 26.8 Å². The quantitative estimate of drug-likeness (QED) is 0.312. The number of nitrogens with one attached hydrogen (secondary N) is 2. The number of aryl methyl sites for hydroxylation is 1. The number of halogens is 1. The van der Waals surface area contributed by atoms with Crippen LogP contribution in [-0.2, 0) is 11.3 Å². The number of para-hydroxylation sites is 1. The zero-order valence-electron chi connectivity index (χ0n) is 14.8. The first-order valence-corrected chi connectivity index (χ1v) is 8.45. The van der Waals surface area contributed by atoms with Crippen molar-refractivity contribution in [3.8, 4) is 0 Å². The van der Waals surface area contributed by atoms with Gasteiger partial charge in [-0.1, -0.05) is 29.8 Å². The predicted octanol–water partition coefficient (Wildman–Crippen LogP) is 3.76. The summed E-state index contributed by atoms with van der Waals surface area (Å²) in [7, 11) is 1.79. The lowest BCUT2D eigenvalue weighted by atomic mass is 10.1. The third-order valence-corrected chi connectivity index (χ3v) is 4.38. The van der Waals surface area contributed by atoms with Crippen LogP contribution in [0.2, 0.25) is 0 Å². The Labute approximate surface area is 165 Å². The molecule has 1 aromatic carbocycles. The lowest BCUT2D eigenvalue weighted by Crippen LogP contribution is -2.37. The minimum Gasteiger partial charge on any atom is -0.459 e. The maximum Gasteiger partial charge on any atom is 0.191 e. The molecule has 0 bridgehead atoms. The van der Waals surface area contributed by atoms with Crippen LogP contribution in [0.1, 0.15) is 24.2 Å². The van der Waals surface area contributed by atoms with Gasteiger partial charge in [-0.2, -0.15) is 0 Å². The second-order valence-corrected chi connectivity index (χ2v) is 5.94. The van der Waals surface area contributed by atoms with Gasteiger partial charge >= 0.3 is 0 Å². The monoisotopic (exact) mass is 455 g/mol. The van der Waals surface area contributed by atoms with Gasteiger partial charge in [-0.15, -0.1) is 24.0 Å². The van der Waals surface area contributed by atoms with Gasteiger partial charge in [0.05, 0.1) is 19.8 Å². The molecule has 2 N–H and O–H groups in total. The number of benzene rings is 1. The van der Waals surface area contributed by atoms with Crippen molar-refractivity contribution in [3.63, 3.8) is 0 Å². The minimum absolute atomic E-state index is 0. The summed E-state index contributed by atoms with van der Waals surface area (Å²) >= 11 is 0. The van der Waals surface area contributed by atoms with E-state index in [1.54, 1.807) is 7.05 Å². The number of aliphatic imine (C=N–C) groups is 1. The number of guanidine groups is 1. The number of rotatable bonds is 5. The van der Waals surface area contributed by atoms with Crippen LogP contribution in [0.25, 0.3) is 11.0 Å². The van der Waals surface area contributed by atoms with E-state index in [1.165, 1.54) is 16.5 Å². The average molecular weight is 455 g/mol. The third-order valence-electron chi connectivity index (χ3n) is 4.38. The molecule has 0 saturated carbocycles. The van der Waals surface area contributed by atoms with Gasteiger partial charge in [-0.25, -0.2) is 0 Å². The summed E-state index contributed by atoms with van der Waals surface area (Å²) in [6.07, 6.45) is 4.23. The first-order chi connectivity index (χ1) is 11.8. The van der Waals surface area contributed by atoms with Crippen molar-refractivity contribution >= 4 is 40.9 Å².